The van der Waals surface area contributed by atoms with Gasteiger partial charge in [-0.05, 0) is 22.3 Å². The fourth-order valence-electron chi connectivity index (χ4n) is 4.92. The van der Waals surface area contributed by atoms with Gasteiger partial charge in [0.2, 0.25) is 0 Å². The Labute approximate surface area is 194 Å². The van der Waals surface area contributed by atoms with E-state index in [9.17, 15) is 0 Å². The molecule has 0 atom stereocenters. The van der Waals surface area contributed by atoms with Crippen LogP contribution in [0.2, 0.25) is 0 Å². The Balaban J connectivity index is 1.59. The molecule has 0 saturated carbocycles. The van der Waals surface area contributed by atoms with Crippen LogP contribution in [0, 0.1) is 0 Å². The van der Waals surface area contributed by atoms with Crippen LogP contribution >= 0.6 is 0 Å². The van der Waals surface area contributed by atoms with Crippen LogP contribution in [0.3, 0.4) is 0 Å². The highest BCUT2D eigenvalue weighted by atomic mass is 16.3. The summed E-state index contributed by atoms with van der Waals surface area (Å²) < 4.78 is 6.68. The van der Waals surface area contributed by atoms with Gasteiger partial charge in [0, 0.05) is 35.1 Å². The minimum absolute atomic E-state index is 0.851. The lowest BCUT2D eigenvalue weighted by molar-refractivity contribution is 0.593. The number of fused-ring (bicyclic) bond motifs is 1. The van der Waals surface area contributed by atoms with Crippen molar-refractivity contribution >= 4 is 11.1 Å². The van der Waals surface area contributed by atoms with E-state index in [2.05, 4.69) is 121 Å². The number of rotatable bonds is 4. The third-order valence-electron chi connectivity index (χ3n) is 6.50. The lowest BCUT2D eigenvalue weighted by Crippen LogP contribution is -2.08. The Kier molecular flexibility index (Phi) is 5.01. The van der Waals surface area contributed by atoms with Gasteiger partial charge >= 0.3 is 0 Å². The highest BCUT2D eigenvalue weighted by molar-refractivity contribution is 5.96. The Morgan fingerprint density at radius 1 is 0.364 bits per heavy atom. The molecule has 0 bridgehead atoms. The highest BCUT2D eigenvalue weighted by Gasteiger charge is 2.29. The SMILES string of the molecule is c1ccc(C2=C(c3ccccc3)Cc3c(-c4ccccc4)oc(-c4ccccc4)c3C2)cc1. The third-order valence-corrected chi connectivity index (χ3v) is 6.50. The lowest BCUT2D eigenvalue weighted by Gasteiger charge is -2.23. The highest BCUT2D eigenvalue weighted by Crippen LogP contribution is 2.46. The summed E-state index contributed by atoms with van der Waals surface area (Å²) >= 11 is 0. The average Bonchev–Trinajstić information content (AvgIpc) is 3.29. The van der Waals surface area contributed by atoms with E-state index < -0.39 is 0 Å². The Morgan fingerprint density at radius 3 is 1.00 bits per heavy atom. The third kappa shape index (κ3) is 3.62. The minimum Gasteiger partial charge on any atom is -0.455 e. The van der Waals surface area contributed by atoms with E-state index in [-0.39, 0.29) is 0 Å². The molecule has 0 saturated heterocycles. The molecule has 0 aliphatic heterocycles. The zero-order valence-corrected chi connectivity index (χ0v) is 18.4. The maximum absolute atomic E-state index is 6.68. The number of hydrogen-bond acceptors (Lipinski definition) is 1. The van der Waals surface area contributed by atoms with Crippen LogP contribution in [0.1, 0.15) is 22.3 Å². The topological polar surface area (TPSA) is 13.1 Å². The van der Waals surface area contributed by atoms with Crippen LogP contribution in [0.4, 0.5) is 0 Å². The van der Waals surface area contributed by atoms with Crippen molar-refractivity contribution in [2.24, 2.45) is 0 Å². The first kappa shape index (κ1) is 19.6. The largest absolute Gasteiger partial charge is 0.455 e. The van der Waals surface area contributed by atoms with E-state index in [1.807, 2.05) is 0 Å². The maximum Gasteiger partial charge on any atom is 0.138 e. The van der Waals surface area contributed by atoms with Gasteiger partial charge in [-0.25, -0.2) is 0 Å². The molecule has 1 nitrogen and oxygen atoms in total. The van der Waals surface area contributed by atoms with Crippen LogP contribution < -0.4 is 0 Å². The summed E-state index contributed by atoms with van der Waals surface area (Å²) in [6.07, 6.45) is 1.70. The van der Waals surface area contributed by atoms with E-state index >= 15 is 0 Å². The van der Waals surface area contributed by atoms with Gasteiger partial charge in [-0.3, -0.25) is 0 Å². The van der Waals surface area contributed by atoms with Crippen LogP contribution in [-0.2, 0) is 12.8 Å². The molecule has 33 heavy (non-hydrogen) atoms. The smallest absolute Gasteiger partial charge is 0.138 e. The molecule has 0 unspecified atom stereocenters. The molecule has 4 aromatic carbocycles. The lowest BCUT2D eigenvalue weighted by atomic mass is 9.79. The van der Waals surface area contributed by atoms with Crippen molar-refractivity contribution in [1.29, 1.82) is 0 Å². The van der Waals surface area contributed by atoms with E-state index in [1.54, 1.807) is 0 Å². The first-order valence-electron chi connectivity index (χ1n) is 11.5. The molecule has 1 aromatic heterocycles. The number of hydrogen-bond donors (Lipinski definition) is 0. The van der Waals surface area contributed by atoms with E-state index in [4.69, 9.17) is 4.42 Å². The summed E-state index contributed by atoms with van der Waals surface area (Å²) in [6, 6.07) is 42.6. The fourth-order valence-corrected chi connectivity index (χ4v) is 4.92. The Morgan fingerprint density at radius 2 is 0.667 bits per heavy atom. The molecule has 158 valence electrons. The van der Waals surface area contributed by atoms with Crippen molar-refractivity contribution in [2.45, 2.75) is 12.8 Å². The summed E-state index contributed by atoms with van der Waals surface area (Å²) in [5.41, 5.74) is 10.2. The molecule has 5 aromatic rings. The summed E-state index contributed by atoms with van der Waals surface area (Å²) in [5.74, 6) is 1.98. The van der Waals surface area contributed by atoms with Gasteiger partial charge in [-0.1, -0.05) is 121 Å². The molecule has 1 aliphatic carbocycles. The van der Waals surface area contributed by atoms with Gasteiger partial charge in [0.15, 0.2) is 0 Å². The molecule has 6 rings (SSSR count). The summed E-state index contributed by atoms with van der Waals surface area (Å²) in [4.78, 5) is 0. The summed E-state index contributed by atoms with van der Waals surface area (Å²) in [5, 5.41) is 0. The van der Waals surface area contributed by atoms with Crippen molar-refractivity contribution in [2.75, 3.05) is 0 Å². The molecular formula is C32H24O. The predicted molar refractivity (Wildman–Crippen MR) is 137 cm³/mol. The van der Waals surface area contributed by atoms with E-state index in [1.165, 1.54) is 33.4 Å². The van der Waals surface area contributed by atoms with Gasteiger partial charge in [-0.15, -0.1) is 0 Å². The van der Waals surface area contributed by atoms with Crippen LogP contribution in [0.5, 0.6) is 0 Å². The van der Waals surface area contributed by atoms with E-state index in [0.29, 0.717) is 0 Å². The number of furan rings is 1. The summed E-state index contributed by atoms with van der Waals surface area (Å²) in [6.45, 7) is 0. The van der Waals surface area contributed by atoms with Gasteiger partial charge in [0.05, 0.1) is 0 Å². The van der Waals surface area contributed by atoms with Crippen molar-refractivity contribution in [3.63, 3.8) is 0 Å². The second-order valence-electron chi connectivity index (χ2n) is 8.49. The molecule has 0 amide bonds. The second kappa shape index (κ2) is 8.44. The fraction of sp³-hybridized carbons (Fsp3) is 0.0625. The molecule has 1 aliphatic rings. The van der Waals surface area contributed by atoms with Gasteiger partial charge in [0.1, 0.15) is 11.5 Å². The molecule has 0 spiro atoms. The monoisotopic (exact) mass is 424 g/mol. The zero-order chi connectivity index (χ0) is 22.0. The second-order valence-corrected chi connectivity index (χ2v) is 8.49. The normalized spacial score (nSPS) is 13.1. The molecule has 1 heterocycles. The van der Waals surface area contributed by atoms with Crippen molar-refractivity contribution < 1.29 is 4.42 Å². The van der Waals surface area contributed by atoms with Crippen molar-refractivity contribution in [3.05, 3.63) is 144 Å². The predicted octanol–water partition coefficient (Wildman–Crippen LogP) is 8.32. The Hall–Kier alpha value is -4.10. The molecule has 0 N–H and O–H groups in total. The molecule has 0 fully saturated rings. The van der Waals surface area contributed by atoms with Gasteiger partial charge in [-0.2, -0.15) is 0 Å². The maximum atomic E-state index is 6.68. The van der Waals surface area contributed by atoms with Crippen molar-refractivity contribution in [3.8, 4) is 22.6 Å². The molecular weight excluding hydrogens is 400 g/mol. The van der Waals surface area contributed by atoms with Gasteiger partial charge in [0.25, 0.3) is 0 Å². The van der Waals surface area contributed by atoms with Crippen LogP contribution in [0.15, 0.2) is 126 Å². The van der Waals surface area contributed by atoms with E-state index in [0.717, 1.165) is 35.5 Å². The number of allylic oxidation sites excluding steroid dienone is 2. The molecule has 1 heteroatoms. The van der Waals surface area contributed by atoms with Crippen molar-refractivity contribution in [1.82, 2.24) is 0 Å². The van der Waals surface area contributed by atoms with Crippen LogP contribution in [0.25, 0.3) is 33.8 Å². The van der Waals surface area contributed by atoms with Gasteiger partial charge < -0.3 is 4.42 Å². The quantitative estimate of drug-likeness (QED) is 0.283. The Bertz CT molecular complexity index is 1300. The first-order valence-corrected chi connectivity index (χ1v) is 11.5. The summed E-state index contributed by atoms with van der Waals surface area (Å²) in [7, 11) is 0. The number of benzene rings is 4. The standard InChI is InChI=1S/C32H24O/c1-5-13-23(14-6-1)27-21-29-30(22-28(27)24-15-7-2-8-16-24)32(26-19-11-4-12-20-26)33-31(29)25-17-9-3-10-18-25/h1-20H,21-22H2. The minimum atomic E-state index is 0.851. The molecule has 0 radical (unpaired) electrons. The first-order chi connectivity index (χ1) is 16.4. The average molecular weight is 425 g/mol. The van der Waals surface area contributed by atoms with Crippen LogP contribution in [-0.4, -0.2) is 0 Å². The zero-order valence-electron chi connectivity index (χ0n) is 18.4.